The molecule has 2 aromatic carbocycles. The summed E-state index contributed by atoms with van der Waals surface area (Å²) in [5.41, 5.74) is 18.8. The van der Waals surface area contributed by atoms with Crippen LogP contribution in [-0.4, -0.2) is 213 Å². The van der Waals surface area contributed by atoms with E-state index in [0.29, 0.717) is 147 Å². The lowest BCUT2D eigenvalue weighted by Gasteiger charge is -2.39. The second-order valence-corrected chi connectivity index (χ2v) is 31.5. The molecule has 1 atom stereocenters. The Kier molecular flexibility index (Phi) is 23.2. The van der Waals surface area contributed by atoms with Crippen molar-refractivity contribution in [3.63, 3.8) is 0 Å². The molecule has 0 spiro atoms. The highest BCUT2D eigenvalue weighted by Crippen LogP contribution is 2.42. The SMILES string of the molecule is CN(C)Cc1nc(Nc2ccc(-c3cnc4cc(F)ccn34)c3c2C(=O)NC3)ccc1C1CCOCC1.COCC1(O)CCN(c2ccc(Nc3ccc(-c4cnc5cc(F)ccn45)c4c3C(=O)NC4)nc2CN(C)C)CC1.COC[C@H]1CN(c2ccc(Nc3cnc(-c4ccnc5c4ccn5C)c4c3C(=O)NC4)nc2CN(C)C)CCO1. The maximum atomic E-state index is 13.7. The average molecular weight is 1600 g/mol. The number of hydrogen-bond donors (Lipinski definition) is 7. The van der Waals surface area contributed by atoms with Gasteiger partial charge in [0.15, 0.2) is 0 Å². The summed E-state index contributed by atoms with van der Waals surface area (Å²) >= 11 is 0. The van der Waals surface area contributed by atoms with E-state index in [1.54, 1.807) is 51.4 Å². The van der Waals surface area contributed by atoms with Crippen molar-refractivity contribution in [2.75, 3.05) is 141 Å². The van der Waals surface area contributed by atoms with Crippen molar-refractivity contribution in [1.29, 1.82) is 0 Å². The molecule has 12 aromatic rings. The quantitative estimate of drug-likeness (QED) is 0.0332. The van der Waals surface area contributed by atoms with Crippen molar-refractivity contribution in [3.8, 4) is 33.8 Å². The molecule has 0 aliphatic carbocycles. The summed E-state index contributed by atoms with van der Waals surface area (Å²) in [6.07, 6.45) is 15.5. The number of aryl methyl sites for hydroxylation is 1. The van der Waals surface area contributed by atoms with Gasteiger partial charge in [-0.05, 0) is 157 Å². The molecule has 31 heteroatoms. The molecule has 118 heavy (non-hydrogen) atoms. The van der Waals surface area contributed by atoms with Gasteiger partial charge in [-0.25, -0.2) is 38.7 Å². The first kappa shape index (κ1) is 79.9. The molecule has 3 fully saturated rings. The number of hydrogen-bond acceptors (Lipinski definition) is 23. The van der Waals surface area contributed by atoms with Gasteiger partial charge in [-0.15, -0.1) is 0 Å². The molecule has 6 aliphatic rings. The minimum atomic E-state index is -0.797. The highest BCUT2D eigenvalue weighted by molar-refractivity contribution is 6.08. The van der Waals surface area contributed by atoms with E-state index in [1.165, 1.54) is 29.8 Å². The van der Waals surface area contributed by atoms with E-state index >= 15 is 0 Å². The van der Waals surface area contributed by atoms with Crippen molar-refractivity contribution in [1.82, 2.24) is 78.9 Å². The first-order chi connectivity index (χ1) is 57.1. The highest BCUT2D eigenvalue weighted by atomic mass is 19.1. The number of benzene rings is 2. The van der Waals surface area contributed by atoms with Gasteiger partial charge in [0.1, 0.15) is 46.0 Å². The van der Waals surface area contributed by atoms with Crippen molar-refractivity contribution in [3.05, 3.63) is 208 Å². The molecule has 18 rings (SSSR count). The van der Waals surface area contributed by atoms with Crippen LogP contribution < -0.4 is 41.7 Å². The zero-order chi connectivity index (χ0) is 82.0. The number of rotatable bonds is 22. The van der Waals surface area contributed by atoms with Gasteiger partial charge in [0, 0.05) is 164 Å². The molecule has 7 N–H and O–H groups in total. The van der Waals surface area contributed by atoms with Crippen LogP contribution in [-0.2, 0) is 65.3 Å². The molecular formula is C87H97F2N21O8. The third-order valence-electron chi connectivity index (χ3n) is 22.3. The van der Waals surface area contributed by atoms with Gasteiger partial charge in [-0.2, -0.15) is 0 Å². The Hall–Kier alpha value is -11.9. The molecule has 10 aromatic heterocycles. The first-order valence-electron chi connectivity index (χ1n) is 39.6. The number of aromatic nitrogens is 10. The predicted molar refractivity (Wildman–Crippen MR) is 448 cm³/mol. The van der Waals surface area contributed by atoms with Gasteiger partial charge in [-0.1, -0.05) is 18.2 Å². The summed E-state index contributed by atoms with van der Waals surface area (Å²) in [6, 6.07) is 29.5. The number of anilines is 8. The van der Waals surface area contributed by atoms with Crippen LogP contribution in [0.1, 0.15) is 102 Å². The fourth-order valence-electron chi connectivity index (χ4n) is 16.8. The van der Waals surface area contributed by atoms with Crippen LogP contribution in [0.4, 0.5) is 54.7 Å². The maximum Gasteiger partial charge on any atom is 0.254 e. The summed E-state index contributed by atoms with van der Waals surface area (Å²) in [7, 11) is 17.4. The number of nitrogens with zero attached hydrogens (tertiary/aromatic N) is 15. The number of piperidine rings is 1. The standard InChI is InChI=1S/C30H34FN7O3.C29H34N8O3.C28H29FN6O2/c1-36(2)17-23-24(37-12-9-30(40,10-13-37)18-41-3)6-7-26(35-23)34-22-5-4-20(21-15-33-29(39)28(21)22)25-16-32-27-14-19(31)8-11-38(25)27;1-35(2)16-23-24(37-11-12-40-18(15-37)17-39-4)5-6-25(34-23)33-22-14-31-27(21-13-32-29(38)26(21)22)19-7-9-30-28-20(19)8-10-36(28)3;1-34(2)16-23-19(17-8-11-37-12-9-17)4-6-25(33-23)32-22-5-3-20(21-14-31-28(36)27(21)22)24-15-30-26-13-18(29)7-10-35(24)26/h4-8,11,14,16,40H,9-10,12-13,15,17-18H2,1-3H3,(H,33,39)(H,34,35);5-10,14,18H,11-13,15-17H2,1-4H3,(H,32,38)(H,33,34);3-7,10,13,15,17H,8-9,11-12,14,16H2,1-2H3,(H,31,36)(H,32,33)/t;18-;/m.1./s1. The van der Waals surface area contributed by atoms with Crippen molar-refractivity contribution >= 4 is 85.9 Å². The van der Waals surface area contributed by atoms with Crippen LogP contribution in [0.2, 0.25) is 0 Å². The molecule has 612 valence electrons. The van der Waals surface area contributed by atoms with Crippen molar-refractivity contribution in [2.24, 2.45) is 7.05 Å². The number of imidazole rings is 2. The fraction of sp³-hybridized carbons (Fsp3) is 0.356. The zero-order valence-electron chi connectivity index (χ0n) is 67.6. The van der Waals surface area contributed by atoms with Gasteiger partial charge in [0.25, 0.3) is 17.7 Å². The number of amides is 3. The number of nitrogens with one attached hydrogen (secondary N) is 6. The topological polar surface area (TPSA) is 301 Å². The number of ether oxygens (including phenoxy) is 4. The molecule has 6 aliphatic heterocycles. The number of fused-ring (bicyclic) bond motifs is 6. The second-order valence-electron chi connectivity index (χ2n) is 31.5. The zero-order valence-corrected chi connectivity index (χ0v) is 67.6. The van der Waals surface area contributed by atoms with Gasteiger partial charge in [-0.3, -0.25) is 28.2 Å². The Bertz CT molecular complexity index is 5770. The Morgan fingerprint density at radius 3 is 1.64 bits per heavy atom. The molecular weight excluding hydrogens is 1510 g/mol. The number of carbonyl (C=O) groups is 3. The summed E-state index contributed by atoms with van der Waals surface area (Å²) in [6.45, 7) is 9.28. The van der Waals surface area contributed by atoms with E-state index in [9.17, 15) is 28.3 Å². The van der Waals surface area contributed by atoms with Crippen LogP contribution >= 0.6 is 0 Å². The lowest BCUT2D eigenvalue weighted by Crippen LogP contribution is -2.47. The number of morpholine rings is 1. The highest BCUT2D eigenvalue weighted by Gasteiger charge is 2.36. The summed E-state index contributed by atoms with van der Waals surface area (Å²) in [5, 5.41) is 30.8. The first-order valence-corrected chi connectivity index (χ1v) is 39.6. The Labute approximate surface area is 681 Å². The Morgan fingerprint density at radius 2 is 1.08 bits per heavy atom. The van der Waals surface area contributed by atoms with Crippen LogP contribution in [0.15, 0.2) is 140 Å². The lowest BCUT2D eigenvalue weighted by atomic mass is 9.90. The van der Waals surface area contributed by atoms with Crippen molar-refractivity contribution < 1.29 is 47.2 Å². The number of pyridine rings is 7. The lowest BCUT2D eigenvalue weighted by molar-refractivity contribution is -0.0472. The molecule has 29 nitrogen and oxygen atoms in total. The summed E-state index contributed by atoms with van der Waals surface area (Å²) < 4.78 is 55.0. The van der Waals surface area contributed by atoms with E-state index in [1.807, 2.05) is 123 Å². The van der Waals surface area contributed by atoms with E-state index in [4.69, 9.17) is 38.9 Å². The summed E-state index contributed by atoms with van der Waals surface area (Å²) in [5.74, 6) is 1.34. The van der Waals surface area contributed by atoms with E-state index < -0.39 is 5.60 Å². The van der Waals surface area contributed by atoms with Crippen molar-refractivity contribution in [2.45, 2.75) is 82.6 Å². The number of aliphatic hydroxyl groups is 1. The monoisotopic (exact) mass is 1600 g/mol. The molecule has 0 bridgehead atoms. The average Bonchev–Trinajstić information content (AvgIpc) is 1.62. The molecule has 3 amide bonds. The summed E-state index contributed by atoms with van der Waals surface area (Å²) in [4.78, 5) is 82.8. The van der Waals surface area contributed by atoms with Crippen LogP contribution in [0.3, 0.4) is 0 Å². The smallest absolute Gasteiger partial charge is 0.254 e. The van der Waals surface area contributed by atoms with E-state index in [2.05, 4.69) is 89.6 Å². The molecule has 0 radical (unpaired) electrons. The molecule has 0 saturated carbocycles. The van der Waals surface area contributed by atoms with Gasteiger partial charge < -0.3 is 85.0 Å². The Morgan fingerprint density at radius 1 is 0.559 bits per heavy atom. The number of halogens is 2. The van der Waals surface area contributed by atoms with Crippen LogP contribution in [0, 0.1) is 11.6 Å². The molecule has 0 unspecified atom stereocenters. The van der Waals surface area contributed by atoms with Gasteiger partial charge in [0.05, 0.1) is 129 Å². The van der Waals surface area contributed by atoms with Crippen LogP contribution in [0.5, 0.6) is 0 Å². The largest absolute Gasteiger partial charge is 0.387 e. The molecule has 16 heterocycles. The normalized spacial score (nSPS) is 16.4. The second kappa shape index (κ2) is 34.3. The van der Waals surface area contributed by atoms with Gasteiger partial charge >= 0.3 is 0 Å². The van der Waals surface area contributed by atoms with Gasteiger partial charge in [0.2, 0.25) is 0 Å². The minimum Gasteiger partial charge on any atom is -0.387 e. The van der Waals surface area contributed by atoms with E-state index in [-0.39, 0.29) is 35.5 Å². The number of carbonyl (C=O) groups excluding carboxylic acids is 3. The number of methoxy groups -OCH3 is 2. The maximum absolute atomic E-state index is 13.7. The third kappa shape index (κ3) is 16.7. The fourth-order valence-corrected chi connectivity index (χ4v) is 16.8. The Balaban J connectivity index is 0.000000132. The molecule has 3 saturated heterocycles. The minimum absolute atomic E-state index is 0.0203. The van der Waals surface area contributed by atoms with E-state index in [0.717, 1.165) is 136 Å². The van der Waals surface area contributed by atoms with Crippen LogP contribution in [0.25, 0.3) is 56.1 Å². The predicted octanol–water partition coefficient (Wildman–Crippen LogP) is 11.0. The third-order valence-corrected chi connectivity index (χ3v) is 22.3.